The largest absolute Gasteiger partial charge is 0.508 e. The minimum atomic E-state index is -0.423. The molecule has 2 amide bonds. The van der Waals surface area contributed by atoms with Crippen molar-refractivity contribution in [3.8, 4) is 28.8 Å². The van der Waals surface area contributed by atoms with Crippen LogP contribution in [0.2, 0.25) is 0 Å². The first kappa shape index (κ1) is 68.5. The third-order valence-electron chi connectivity index (χ3n) is 16.1. The van der Waals surface area contributed by atoms with E-state index in [-0.39, 0.29) is 35.4 Å². The lowest BCUT2D eigenvalue weighted by Gasteiger charge is -2.32. The second-order valence-corrected chi connectivity index (χ2v) is 22.2. The van der Waals surface area contributed by atoms with Crippen LogP contribution < -0.4 is 29.9 Å². The van der Waals surface area contributed by atoms with Gasteiger partial charge in [-0.1, -0.05) is 105 Å². The highest BCUT2D eigenvalue weighted by atomic mass is 31.0. The van der Waals surface area contributed by atoms with Gasteiger partial charge in [-0.05, 0) is 159 Å². The zero-order chi connectivity index (χ0) is 61.5. The SMILES string of the molecule is CC.CC.CCC=O.CCCC(CCC)c1ccc(N(C)C2CCC(=O)NC2=O)c(C)c1.CCc1c(F)ccc2cc(O)cc(-c3ncc4c(N5CCCC(O)C5)nc(OC)nc4c3P)c12.CCc1ccc(OCC2CCC3CCCN32)cc1. The second kappa shape index (κ2) is 34.6. The minimum Gasteiger partial charge on any atom is -0.508 e. The van der Waals surface area contributed by atoms with Gasteiger partial charge in [-0.15, -0.1) is 9.24 Å². The Hall–Kier alpha value is -6.28. The van der Waals surface area contributed by atoms with E-state index in [9.17, 15) is 29.0 Å². The minimum absolute atomic E-state index is 0.0747. The third kappa shape index (κ3) is 17.7. The average Bonchev–Trinajstić information content (AvgIpc) is 3.09. The number of piperidine rings is 2. The molecule has 0 bridgehead atoms. The van der Waals surface area contributed by atoms with E-state index >= 15 is 0 Å². The Morgan fingerprint density at radius 1 is 0.881 bits per heavy atom. The number of rotatable bonds is 16. The first-order valence-electron chi connectivity index (χ1n) is 31.1. The van der Waals surface area contributed by atoms with Crippen LogP contribution in [0, 0.1) is 12.7 Å². The Balaban J connectivity index is 0.000000226. The number of phenolic OH excluding ortho intramolecular Hbond substituents is 1. The Labute approximate surface area is 502 Å². The molecule has 458 valence electrons. The highest BCUT2D eigenvalue weighted by molar-refractivity contribution is 7.28. The molecule has 5 unspecified atom stereocenters. The van der Waals surface area contributed by atoms with Crippen molar-refractivity contribution in [1.82, 2.24) is 25.2 Å². The van der Waals surface area contributed by atoms with Gasteiger partial charge in [0.05, 0.1) is 29.8 Å². The van der Waals surface area contributed by atoms with Crippen LogP contribution in [0.3, 0.4) is 0 Å². The Morgan fingerprint density at radius 3 is 2.20 bits per heavy atom. The highest BCUT2D eigenvalue weighted by Gasteiger charge is 2.37. The van der Waals surface area contributed by atoms with E-state index in [2.05, 4.69) is 99.6 Å². The number of amides is 2. The summed E-state index contributed by atoms with van der Waals surface area (Å²) in [6.07, 6.45) is 17.3. The predicted octanol–water partition coefficient (Wildman–Crippen LogP) is 13.5. The maximum Gasteiger partial charge on any atom is 0.318 e. The number of phenols is 1. The van der Waals surface area contributed by atoms with Gasteiger partial charge in [0.1, 0.15) is 42.1 Å². The van der Waals surface area contributed by atoms with Crippen LogP contribution in [-0.4, -0.2) is 113 Å². The molecule has 0 saturated carbocycles. The quantitative estimate of drug-likeness (QED) is 0.0476. The highest BCUT2D eigenvalue weighted by Crippen LogP contribution is 2.39. The first-order chi connectivity index (χ1) is 40.7. The molecule has 0 aliphatic carbocycles. The number of nitrogens with zero attached hydrogens (tertiary/aromatic N) is 6. The number of nitrogens with one attached hydrogen (secondary N) is 1. The summed E-state index contributed by atoms with van der Waals surface area (Å²) >= 11 is 0. The number of aldehydes is 1. The van der Waals surface area contributed by atoms with Crippen LogP contribution in [0.15, 0.2) is 72.9 Å². The Kier molecular flexibility index (Phi) is 28.2. The van der Waals surface area contributed by atoms with E-state index in [1.165, 1.54) is 87.8 Å². The zero-order valence-electron chi connectivity index (χ0n) is 52.4. The van der Waals surface area contributed by atoms with Crippen molar-refractivity contribution in [3.05, 3.63) is 101 Å². The number of aliphatic hydroxyl groups is 1. The van der Waals surface area contributed by atoms with Crippen LogP contribution in [0.1, 0.15) is 174 Å². The van der Waals surface area contributed by atoms with Gasteiger partial charge in [-0.25, -0.2) is 4.39 Å². The number of β-amino-alcohol motifs (C(OH)–C–C–N with tert-alkyl or cyclic N) is 1. The maximum absolute atomic E-state index is 14.7. The summed E-state index contributed by atoms with van der Waals surface area (Å²) < 4.78 is 26.1. The number of likely N-dealkylation sites (N-methyl/N-ethyl adjacent to an activating group) is 1. The lowest BCUT2D eigenvalue weighted by Crippen LogP contribution is -2.51. The lowest BCUT2D eigenvalue weighted by atomic mass is 9.89. The monoisotopic (exact) mass is 1170 g/mol. The fourth-order valence-electron chi connectivity index (χ4n) is 11.9. The molecule has 4 saturated heterocycles. The number of carbonyl (C=O) groups is 3. The van der Waals surface area contributed by atoms with Crippen LogP contribution in [0.4, 0.5) is 15.9 Å². The van der Waals surface area contributed by atoms with Gasteiger partial charge in [0.2, 0.25) is 11.8 Å². The molecule has 4 aromatic carbocycles. The van der Waals surface area contributed by atoms with Gasteiger partial charge in [0.25, 0.3) is 0 Å². The van der Waals surface area contributed by atoms with Crippen LogP contribution >= 0.6 is 9.24 Å². The molecular formula is C68H97FN7O7P. The number of imide groups is 1. The summed E-state index contributed by atoms with van der Waals surface area (Å²) in [4.78, 5) is 53.2. The van der Waals surface area contributed by atoms with Crippen LogP contribution in [0.5, 0.6) is 17.5 Å². The molecule has 0 spiro atoms. The molecule has 4 fully saturated rings. The number of hydrogen-bond donors (Lipinski definition) is 3. The second-order valence-electron chi connectivity index (χ2n) is 21.6. The van der Waals surface area contributed by atoms with Crippen molar-refractivity contribution >= 4 is 65.8 Å². The summed E-state index contributed by atoms with van der Waals surface area (Å²) in [6, 6.07) is 23.0. The lowest BCUT2D eigenvalue weighted by molar-refractivity contribution is -0.134. The van der Waals surface area contributed by atoms with Crippen molar-refractivity contribution in [3.63, 3.8) is 0 Å². The number of anilines is 2. The smallest absolute Gasteiger partial charge is 0.318 e. The standard InChI is InChI=1S/C25H26FN4O3P.C20H30N2O2.C16H23NO.C3H6O.2C2H6/c1-3-16-19(26)7-6-13-9-15(32)10-17(20(13)16)21-23(34)22-18(11-27-21)24(29-25(28-22)33-2)30-8-4-5-14(31)12-30;1-5-7-15(8-6-2)16-9-10-17(14(3)13-16)22(4)18-11-12-19(23)21-20(18)24;1-2-13-5-9-16(10-6-13)18-12-15-8-7-14-4-3-11-17(14)15;1-2-3-4;2*1-2/h6-7,9-11,14,31-32H,3-5,8,12,34H2,1-2H3;9-10,13,15,18H,5-8,11-12H2,1-4H3,(H,21,23,24);5-6,9-10,14-15H,2-4,7-8,11-12H2,1H3;3H,2H2,1H3;2*1-2H3. The number of fused-ring (bicyclic) bond motifs is 3. The number of aryl methyl sites for hydroxylation is 3. The normalized spacial score (nSPS) is 18.1. The van der Waals surface area contributed by atoms with Gasteiger partial charge in [-0.3, -0.25) is 24.8 Å². The molecule has 3 N–H and O–H groups in total. The molecule has 2 aromatic heterocycles. The summed E-state index contributed by atoms with van der Waals surface area (Å²) in [5.74, 6) is 1.73. The number of aromatic hydroxyl groups is 1. The van der Waals surface area contributed by atoms with E-state index in [4.69, 9.17) is 14.5 Å². The number of halogens is 1. The van der Waals surface area contributed by atoms with Gasteiger partial charge < -0.3 is 34.3 Å². The number of aliphatic hydroxyl groups excluding tert-OH is 1. The molecule has 4 aliphatic heterocycles. The fourth-order valence-corrected chi connectivity index (χ4v) is 12.4. The average molecular weight is 1170 g/mol. The molecule has 6 aromatic rings. The molecule has 5 atom stereocenters. The molecule has 4 aliphatic rings. The van der Waals surface area contributed by atoms with Crippen molar-refractivity contribution < 1.29 is 38.5 Å². The number of ether oxygens (including phenoxy) is 2. The molecule has 14 nitrogen and oxygen atoms in total. The summed E-state index contributed by atoms with van der Waals surface area (Å²) in [6.45, 7) is 23.9. The fraction of sp³-hybridized carbons (Fsp3) is 0.529. The van der Waals surface area contributed by atoms with Crippen molar-refractivity contribution in [2.45, 2.75) is 196 Å². The topological polar surface area (TPSA) is 171 Å². The summed E-state index contributed by atoms with van der Waals surface area (Å²) in [5, 5.41) is 25.9. The molecule has 6 heterocycles. The first-order valence-corrected chi connectivity index (χ1v) is 31.7. The zero-order valence-corrected chi connectivity index (χ0v) is 53.6. The van der Waals surface area contributed by atoms with Gasteiger partial charge in [-0.2, -0.15) is 9.97 Å². The molecule has 16 heteroatoms. The Morgan fingerprint density at radius 2 is 1.58 bits per heavy atom. The summed E-state index contributed by atoms with van der Waals surface area (Å²) in [5.41, 5.74) is 7.44. The maximum atomic E-state index is 14.7. The van der Waals surface area contributed by atoms with Crippen molar-refractivity contribution in [2.75, 3.05) is 50.2 Å². The van der Waals surface area contributed by atoms with E-state index in [0.29, 0.717) is 77.6 Å². The Bertz CT molecular complexity index is 3050. The molecular weight excluding hydrogens is 1080 g/mol. The molecule has 0 radical (unpaired) electrons. The number of carbonyl (C=O) groups excluding carboxylic acids is 3. The van der Waals surface area contributed by atoms with Crippen LogP contribution in [0.25, 0.3) is 32.9 Å². The third-order valence-corrected chi connectivity index (χ3v) is 16.6. The van der Waals surface area contributed by atoms with E-state index in [1.54, 1.807) is 24.4 Å². The van der Waals surface area contributed by atoms with Gasteiger partial charge >= 0.3 is 6.01 Å². The van der Waals surface area contributed by atoms with Gasteiger partial charge in [0.15, 0.2) is 0 Å². The summed E-state index contributed by atoms with van der Waals surface area (Å²) in [7, 11) is 6.15. The van der Waals surface area contributed by atoms with E-state index in [0.717, 1.165) is 72.3 Å². The van der Waals surface area contributed by atoms with Crippen molar-refractivity contribution in [2.24, 2.45) is 0 Å². The number of pyridine rings is 1. The van der Waals surface area contributed by atoms with E-state index in [1.807, 2.05) is 58.4 Å². The van der Waals surface area contributed by atoms with Gasteiger partial charge in [0, 0.05) is 67.8 Å². The predicted molar refractivity (Wildman–Crippen MR) is 346 cm³/mol. The number of benzene rings is 4. The number of aromatic nitrogens is 3. The number of methoxy groups -OCH3 is 1. The number of hydrogen-bond acceptors (Lipinski definition) is 13. The molecule has 84 heavy (non-hydrogen) atoms. The molecule has 10 rings (SSSR count). The van der Waals surface area contributed by atoms with Crippen LogP contribution in [-0.2, 0) is 27.2 Å². The van der Waals surface area contributed by atoms with Crippen molar-refractivity contribution in [1.29, 1.82) is 0 Å². The van der Waals surface area contributed by atoms with E-state index < -0.39 is 6.10 Å².